The molecule has 0 fully saturated rings. The molecule has 5 heteroatoms. The third-order valence-corrected chi connectivity index (χ3v) is 6.76. The molecule has 166 valence electrons. The summed E-state index contributed by atoms with van der Waals surface area (Å²) in [6.07, 6.45) is 10.2. The van der Waals surface area contributed by atoms with Crippen LogP contribution in [0.3, 0.4) is 0 Å². The molecule has 0 aliphatic carbocycles. The number of aromatic nitrogens is 5. The van der Waals surface area contributed by atoms with E-state index in [0.717, 1.165) is 72.8 Å². The van der Waals surface area contributed by atoms with Gasteiger partial charge >= 0.3 is 0 Å². The second-order valence-corrected chi connectivity index (χ2v) is 8.92. The molecule has 6 rings (SSSR count). The topological polar surface area (TPSA) is 70.2 Å². The predicted molar refractivity (Wildman–Crippen MR) is 141 cm³/mol. The van der Waals surface area contributed by atoms with Gasteiger partial charge in [0.1, 0.15) is 0 Å². The van der Waals surface area contributed by atoms with Crippen LogP contribution in [-0.2, 0) is 0 Å². The molecule has 2 aliphatic heterocycles. The Balaban J connectivity index is 1.82. The minimum Gasteiger partial charge on any atom is -0.355 e. The molecule has 34 heavy (non-hydrogen) atoms. The Labute approximate surface area is 198 Å². The number of rotatable bonds is 1. The van der Waals surface area contributed by atoms with Gasteiger partial charge in [0.15, 0.2) is 0 Å². The molecule has 4 aromatic rings. The molecule has 0 atom stereocenters. The fraction of sp³-hybridized carbons (Fsp3) is 0.138. The van der Waals surface area contributed by atoms with Crippen molar-refractivity contribution in [3.05, 3.63) is 87.6 Å². The summed E-state index contributed by atoms with van der Waals surface area (Å²) in [5.41, 5.74) is 14.4. The molecule has 8 bridgehead atoms. The zero-order valence-corrected chi connectivity index (χ0v) is 19.7. The van der Waals surface area contributed by atoms with Gasteiger partial charge in [-0.05, 0) is 99.0 Å². The molecule has 0 saturated heterocycles. The van der Waals surface area contributed by atoms with Crippen molar-refractivity contribution in [3.63, 3.8) is 0 Å². The Bertz CT molecular complexity index is 1680. The number of hydrogen-bond donors (Lipinski definition) is 2. The molecule has 5 nitrogen and oxygen atoms in total. The van der Waals surface area contributed by atoms with Crippen molar-refractivity contribution >= 4 is 46.4 Å². The summed E-state index contributed by atoms with van der Waals surface area (Å²) in [5.74, 6) is 0. The molecular weight excluding hydrogens is 418 g/mol. The van der Waals surface area contributed by atoms with Gasteiger partial charge in [-0.1, -0.05) is 6.07 Å². The van der Waals surface area contributed by atoms with Gasteiger partial charge in [0.25, 0.3) is 0 Å². The maximum Gasteiger partial charge on any atom is 0.0743 e. The van der Waals surface area contributed by atoms with Crippen LogP contribution in [0.1, 0.15) is 45.0 Å². The maximum absolute atomic E-state index is 4.95. The van der Waals surface area contributed by atoms with Gasteiger partial charge in [-0.25, -0.2) is 9.97 Å². The Hall–Kier alpha value is -4.25. The van der Waals surface area contributed by atoms with Crippen molar-refractivity contribution < 1.29 is 0 Å². The minimum atomic E-state index is 0.910. The van der Waals surface area contributed by atoms with E-state index in [1.165, 1.54) is 5.56 Å². The smallest absolute Gasteiger partial charge is 0.0743 e. The van der Waals surface area contributed by atoms with E-state index >= 15 is 0 Å². The highest BCUT2D eigenvalue weighted by molar-refractivity contribution is 5.94. The first-order chi connectivity index (χ1) is 16.5. The molecule has 6 heterocycles. The van der Waals surface area contributed by atoms with E-state index in [1.54, 1.807) is 0 Å². The van der Waals surface area contributed by atoms with Gasteiger partial charge in [-0.2, -0.15) is 0 Å². The molecule has 0 unspecified atom stereocenters. The summed E-state index contributed by atoms with van der Waals surface area (Å²) in [4.78, 5) is 21.9. The van der Waals surface area contributed by atoms with Crippen molar-refractivity contribution in [1.82, 2.24) is 24.9 Å². The molecule has 0 saturated carbocycles. The van der Waals surface area contributed by atoms with Crippen molar-refractivity contribution in [2.45, 2.75) is 27.7 Å². The Kier molecular flexibility index (Phi) is 4.59. The van der Waals surface area contributed by atoms with Crippen LogP contribution in [-0.4, -0.2) is 24.9 Å². The van der Waals surface area contributed by atoms with Gasteiger partial charge in [-0.15, -0.1) is 0 Å². The molecule has 0 spiro atoms. The van der Waals surface area contributed by atoms with Crippen LogP contribution in [0.5, 0.6) is 0 Å². The second-order valence-electron chi connectivity index (χ2n) is 8.92. The van der Waals surface area contributed by atoms with E-state index in [0.29, 0.717) is 0 Å². The van der Waals surface area contributed by atoms with Crippen LogP contribution >= 0.6 is 0 Å². The van der Waals surface area contributed by atoms with Crippen molar-refractivity contribution in [2.24, 2.45) is 0 Å². The van der Waals surface area contributed by atoms with Gasteiger partial charge in [-0.3, -0.25) is 4.98 Å². The zero-order valence-electron chi connectivity index (χ0n) is 19.7. The summed E-state index contributed by atoms with van der Waals surface area (Å²) >= 11 is 0. The van der Waals surface area contributed by atoms with E-state index in [4.69, 9.17) is 9.97 Å². The van der Waals surface area contributed by atoms with Crippen LogP contribution in [0.4, 0.5) is 0 Å². The number of H-pyrrole nitrogens is 2. The van der Waals surface area contributed by atoms with Gasteiger partial charge in [0.05, 0.1) is 39.5 Å². The number of aryl methyl sites for hydroxylation is 3. The first-order valence-electron chi connectivity index (χ1n) is 11.5. The fourth-order valence-electron chi connectivity index (χ4n) is 4.73. The molecular formula is C29H25N5. The van der Waals surface area contributed by atoms with Gasteiger partial charge in [0, 0.05) is 28.4 Å². The van der Waals surface area contributed by atoms with Gasteiger partial charge in [0.2, 0.25) is 0 Å². The van der Waals surface area contributed by atoms with Crippen LogP contribution in [0.25, 0.3) is 57.6 Å². The highest BCUT2D eigenvalue weighted by Gasteiger charge is 2.14. The Morgan fingerprint density at radius 1 is 0.618 bits per heavy atom. The van der Waals surface area contributed by atoms with E-state index in [2.05, 4.69) is 85.2 Å². The average Bonchev–Trinajstić information content (AvgIpc) is 3.65. The molecule has 2 aliphatic rings. The molecule has 0 radical (unpaired) electrons. The normalized spacial score (nSPS) is 12.5. The van der Waals surface area contributed by atoms with Crippen molar-refractivity contribution in [3.8, 4) is 11.3 Å². The SMILES string of the molecule is Cc1c2nc(c(C)c3ccc([nH]3)c(-c3ccccn3)c3cc(C)c([nH]3)c(C)c3nc1C=C3)C=C2. The summed E-state index contributed by atoms with van der Waals surface area (Å²) in [5, 5.41) is 0. The van der Waals surface area contributed by atoms with E-state index in [-0.39, 0.29) is 0 Å². The molecule has 0 aromatic carbocycles. The summed E-state index contributed by atoms with van der Waals surface area (Å²) in [7, 11) is 0. The fourth-order valence-corrected chi connectivity index (χ4v) is 4.73. The lowest BCUT2D eigenvalue weighted by atomic mass is 10.1. The second kappa shape index (κ2) is 7.66. The Morgan fingerprint density at radius 3 is 1.94 bits per heavy atom. The lowest BCUT2D eigenvalue weighted by Crippen LogP contribution is -1.89. The molecule has 0 amide bonds. The lowest BCUT2D eigenvalue weighted by Gasteiger charge is -2.02. The van der Waals surface area contributed by atoms with Crippen LogP contribution in [0, 0.1) is 27.7 Å². The third-order valence-electron chi connectivity index (χ3n) is 6.76. The predicted octanol–water partition coefficient (Wildman–Crippen LogP) is 6.95. The molecule has 2 N–H and O–H groups in total. The van der Waals surface area contributed by atoms with Crippen LogP contribution < -0.4 is 0 Å². The number of hydrogen-bond acceptors (Lipinski definition) is 3. The third kappa shape index (κ3) is 3.20. The molecule has 4 aromatic heterocycles. The van der Waals surface area contributed by atoms with Gasteiger partial charge < -0.3 is 9.97 Å². The van der Waals surface area contributed by atoms with E-state index in [1.807, 2.05) is 24.4 Å². The van der Waals surface area contributed by atoms with Crippen LogP contribution in [0.2, 0.25) is 0 Å². The monoisotopic (exact) mass is 443 g/mol. The average molecular weight is 444 g/mol. The summed E-state index contributed by atoms with van der Waals surface area (Å²) in [6, 6.07) is 12.5. The van der Waals surface area contributed by atoms with Crippen molar-refractivity contribution in [1.29, 1.82) is 0 Å². The standard InChI is InChI=1S/C29H25N5/c1-16-15-27-28(25-7-5-6-14-30-25)26-13-12-23(33-26)18(3)21-9-8-20(31-21)17(2)22-10-11-24(32-22)19(4)29(16)34-27/h5-15,33-34H,1-4H3. The zero-order chi connectivity index (χ0) is 23.4. The maximum atomic E-state index is 4.95. The number of nitrogens with zero attached hydrogens (tertiary/aromatic N) is 3. The number of nitrogens with one attached hydrogen (secondary N) is 2. The van der Waals surface area contributed by atoms with E-state index in [9.17, 15) is 0 Å². The number of fused-ring (bicyclic) bond motifs is 8. The quantitative estimate of drug-likeness (QED) is 0.289. The van der Waals surface area contributed by atoms with Crippen molar-refractivity contribution in [2.75, 3.05) is 0 Å². The largest absolute Gasteiger partial charge is 0.355 e. The number of pyridine rings is 1. The Morgan fingerprint density at radius 2 is 1.26 bits per heavy atom. The summed E-state index contributed by atoms with van der Waals surface area (Å²) < 4.78 is 0. The highest BCUT2D eigenvalue weighted by atomic mass is 14.8. The van der Waals surface area contributed by atoms with Crippen LogP contribution in [0.15, 0.2) is 42.6 Å². The minimum absolute atomic E-state index is 0.910. The van der Waals surface area contributed by atoms with E-state index < -0.39 is 0 Å². The summed E-state index contributed by atoms with van der Waals surface area (Å²) in [6.45, 7) is 8.45. The number of aromatic amines is 2. The highest BCUT2D eigenvalue weighted by Crippen LogP contribution is 2.31. The lowest BCUT2D eigenvalue weighted by molar-refractivity contribution is 1.19. The first-order valence-corrected chi connectivity index (χ1v) is 11.5. The first kappa shape index (κ1) is 20.4.